The Labute approximate surface area is 173 Å². The molecule has 3 rings (SSSR count). The fourth-order valence-electron chi connectivity index (χ4n) is 3.27. The molecule has 0 radical (unpaired) electrons. The molecule has 5 heteroatoms. The minimum atomic E-state index is -0.0536. The molecule has 1 amide bonds. The number of para-hydroxylation sites is 1. The first-order valence-corrected chi connectivity index (χ1v) is 10.2. The van der Waals surface area contributed by atoms with Crippen molar-refractivity contribution in [1.82, 2.24) is 14.9 Å². The summed E-state index contributed by atoms with van der Waals surface area (Å²) in [5.74, 6) is 0.663. The zero-order valence-electron chi connectivity index (χ0n) is 17.2. The summed E-state index contributed by atoms with van der Waals surface area (Å²) in [5, 5.41) is 0. The number of anilines is 2. The molecule has 0 aliphatic heterocycles. The van der Waals surface area contributed by atoms with E-state index in [-0.39, 0.29) is 5.91 Å². The van der Waals surface area contributed by atoms with Gasteiger partial charge in [0.2, 0.25) is 0 Å². The van der Waals surface area contributed by atoms with Gasteiger partial charge in [-0.05, 0) is 30.5 Å². The second-order valence-corrected chi connectivity index (χ2v) is 6.96. The summed E-state index contributed by atoms with van der Waals surface area (Å²) in [6.45, 7) is 6.29. The molecule has 0 saturated heterocycles. The van der Waals surface area contributed by atoms with Gasteiger partial charge in [-0.3, -0.25) is 4.79 Å². The molecule has 0 saturated carbocycles. The maximum atomic E-state index is 12.8. The Kier molecular flexibility index (Phi) is 7.34. The van der Waals surface area contributed by atoms with E-state index >= 15 is 0 Å². The van der Waals surface area contributed by atoms with Gasteiger partial charge in [0.1, 0.15) is 5.69 Å². The van der Waals surface area contributed by atoms with Crippen LogP contribution in [0.3, 0.4) is 0 Å². The summed E-state index contributed by atoms with van der Waals surface area (Å²) >= 11 is 0. The fraction of sp³-hybridized carbons (Fsp3) is 0.292. The molecule has 3 aromatic rings. The number of hydrogen-bond donors (Lipinski definition) is 0. The van der Waals surface area contributed by atoms with Crippen LogP contribution in [0, 0.1) is 0 Å². The van der Waals surface area contributed by atoms with Crippen molar-refractivity contribution in [2.75, 3.05) is 18.0 Å². The number of amides is 1. The average Bonchev–Trinajstić information content (AvgIpc) is 2.78. The van der Waals surface area contributed by atoms with Crippen molar-refractivity contribution in [3.8, 4) is 0 Å². The molecule has 29 heavy (non-hydrogen) atoms. The van der Waals surface area contributed by atoms with Crippen molar-refractivity contribution in [2.45, 2.75) is 33.2 Å². The predicted molar refractivity (Wildman–Crippen MR) is 117 cm³/mol. The zero-order valence-corrected chi connectivity index (χ0v) is 17.2. The molecular formula is C24H28N4O. The molecule has 0 aliphatic rings. The highest BCUT2D eigenvalue weighted by molar-refractivity contribution is 5.92. The Morgan fingerprint density at radius 2 is 1.45 bits per heavy atom. The lowest BCUT2D eigenvalue weighted by molar-refractivity contribution is 0.0749. The quantitative estimate of drug-likeness (QED) is 0.513. The third-order valence-corrected chi connectivity index (χ3v) is 4.66. The standard InChI is InChI=1S/C24H28N4O/c1-3-15-27(16-4-2)24(29)22-17-26-23(18-25-22)28(21-13-9-6-10-14-21)19-20-11-7-5-8-12-20/h5-14,17-18H,3-4,15-16,19H2,1-2H3. The van der Waals surface area contributed by atoms with Crippen LogP contribution in [-0.4, -0.2) is 33.9 Å². The Bertz CT molecular complexity index is 876. The number of nitrogens with zero attached hydrogens (tertiary/aromatic N) is 4. The lowest BCUT2D eigenvalue weighted by atomic mass is 10.2. The van der Waals surface area contributed by atoms with Crippen LogP contribution < -0.4 is 4.90 Å². The molecule has 0 N–H and O–H groups in total. The van der Waals surface area contributed by atoms with Gasteiger partial charge in [-0.25, -0.2) is 9.97 Å². The normalized spacial score (nSPS) is 10.6. The SMILES string of the molecule is CCCN(CCC)C(=O)c1cnc(N(Cc2ccccc2)c2ccccc2)cn1. The summed E-state index contributed by atoms with van der Waals surface area (Å²) in [4.78, 5) is 25.8. The number of benzene rings is 2. The summed E-state index contributed by atoms with van der Waals surface area (Å²) in [6.07, 6.45) is 5.14. The van der Waals surface area contributed by atoms with E-state index in [0.29, 0.717) is 18.1 Å². The van der Waals surface area contributed by atoms with E-state index in [9.17, 15) is 4.79 Å². The van der Waals surface area contributed by atoms with Crippen LogP contribution in [0.1, 0.15) is 42.7 Å². The van der Waals surface area contributed by atoms with Gasteiger partial charge in [0.25, 0.3) is 5.91 Å². The lowest BCUT2D eigenvalue weighted by Crippen LogP contribution is -2.33. The Morgan fingerprint density at radius 1 is 0.828 bits per heavy atom. The molecule has 0 bridgehead atoms. The topological polar surface area (TPSA) is 49.3 Å². The predicted octanol–water partition coefficient (Wildman–Crippen LogP) is 5.08. The number of carbonyl (C=O) groups is 1. The third-order valence-electron chi connectivity index (χ3n) is 4.66. The Morgan fingerprint density at radius 3 is 2.00 bits per heavy atom. The van der Waals surface area contributed by atoms with Crippen molar-refractivity contribution in [2.24, 2.45) is 0 Å². The third kappa shape index (κ3) is 5.41. The minimum absolute atomic E-state index is 0.0536. The Hall–Kier alpha value is -3.21. The number of rotatable bonds is 9. The van der Waals surface area contributed by atoms with Gasteiger partial charge in [-0.15, -0.1) is 0 Å². The van der Waals surface area contributed by atoms with E-state index in [1.54, 1.807) is 12.4 Å². The average molecular weight is 389 g/mol. The fourth-order valence-corrected chi connectivity index (χ4v) is 3.27. The second kappa shape index (κ2) is 10.4. The molecule has 150 valence electrons. The van der Waals surface area contributed by atoms with E-state index in [4.69, 9.17) is 0 Å². The van der Waals surface area contributed by atoms with Gasteiger partial charge in [-0.1, -0.05) is 62.4 Å². The first-order valence-electron chi connectivity index (χ1n) is 10.2. The minimum Gasteiger partial charge on any atom is -0.337 e. The first kappa shape index (κ1) is 20.5. The van der Waals surface area contributed by atoms with Crippen LogP contribution in [0.2, 0.25) is 0 Å². The van der Waals surface area contributed by atoms with E-state index in [2.05, 4.69) is 40.8 Å². The monoisotopic (exact) mass is 388 g/mol. The summed E-state index contributed by atoms with van der Waals surface area (Å²) in [7, 11) is 0. The molecule has 0 fully saturated rings. The van der Waals surface area contributed by atoms with E-state index < -0.39 is 0 Å². The van der Waals surface area contributed by atoms with Crippen molar-refractivity contribution in [1.29, 1.82) is 0 Å². The van der Waals surface area contributed by atoms with Crippen molar-refractivity contribution >= 4 is 17.4 Å². The Balaban J connectivity index is 1.86. The van der Waals surface area contributed by atoms with E-state index in [1.807, 2.05) is 53.4 Å². The highest BCUT2D eigenvalue weighted by Gasteiger charge is 2.18. The molecule has 5 nitrogen and oxygen atoms in total. The van der Waals surface area contributed by atoms with Crippen molar-refractivity contribution < 1.29 is 4.79 Å². The lowest BCUT2D eigenvalue weighted by Gasteiger charge is -2.24. The van der Waals surface area contributed by atoms with Gasteiger partial charge in [0.05, 0.1) is 12.4 Å². The van der Waals surface area contributed by atoms with Gasteiger partial charge in [0.15, 0.2) is 5.82 Å². The smallest absolute Gasteiger partial charge is 0.274 e. The molecule has 0 unspecified atom stereocenters. The highest BCUT2D eigenvalue weighted by Crippen LogP contribution is 2.25. The van der Waals surface area contributed by atoms with Gasteiger partial charge < -0.3 is 9.80 Å². The maximum Gasteiger partial charge on any atom is 0.274 e. The zero-order chi connectivity index (χ0) is 20.5. The molecule has 0 spiro atoms. The molecule has 2 aromatic carbocycles. The van der Waals surface area contributed by atoms with Crippen molar-refractivity contribution in [3.63, 3.8) is 0 Å². The number of carbonyl (C=O) groups excluding carboxylic acids is 1. The summed E-state index contributed by atoms with van der Waals surface area (Å²) in [5.41, 5.74) is 2.60. The van der Waals surface area contributed by atoms with Crippen LogP contribution in [0.4, 0.5) is 11.5 Å². The number of hydrogen-bond acceptors (Lipinski definition) is 4. The van der Waals surface area contributed by atoms with Gasteiger partial charge in [0, 0.05) is 25.3 Å². The first-order chi connectivity index (χ1) is 14.2. The number of aromatic nitrogens is 2. The van der Waals surface area contributed by atoms with E-state index in [1.165, 1.54) is 5.56 Å². The van der Waals surface area contributed by atoms with Crippen molar-refractivity contribution in [3.05, 3.63) is 84.3 Å². The molecule has 0 atom stereocenters. The van der Waals surface area contributed by atoms with Gasteiger partial charge >= 0.3 is 0 Å². The highest BCUT2D eigenvalue weighted by atomic mass is 16.2. The summed E-state index contributed by atoms with van der Waals surface area (Å²) in [6, 6.07) is 20.4. The van der Waals surface area contributed by atoms with Crippen LogP contribution in [0.5, 0.6) is 0 Å². The van der Waals surface area contributed by atoms with Crippen LogP contribution in [0.25, 0.3) is 0 Å². The van der Waals surface area contributed by atoms with Crippen LogP contribution in [0.15, 0.2) is 73.1 Å². The van der Waals surface area contributed by atoms with Crippen LogP contribution >= 0.6 is 0 Å². The largest absolute Gasteiger partial charge is 0.337 e. The van der Waals surface area contributed by atoms with Gasteiger partial charge in [-0.2, -0.15) is 0 Å². The second-order valence-electron chi connectivity index (χ2n) is 6.96. The van der Waals surface area contributed by atoms with E-state index in [0.717, 1.165) is 31.6 Å². The molecule has 0 aliphatic carbocycles. The maximum absolute atomic E-state index is 12.8. The van der Waals surface area contributed by atoms with Crippen LogP contribution in [-0.2, 0) is 6.54 Å². The molecule has 1 aromatic heterocycles. The summed E-state index contributed by atoms with van der Waals surface area (Å²) < 4.78 is 0. The molecular weight excluding hydrogens is 360 g/mol. The molecule has 1 heterocycles.